The summed E-state index contributed by atoms with van der Waals surface area (Å²) in [6.45, 7) is 3.90. The highest BCUT2D eigenvalue weighted by Crippen LogP contribution is 2.56. The van der Waals surface area contributed by atoms with Crippen molar-refractivity contribution >= 4 is 11.6 Å². The first kappa shape index (κ1) is 23.7. The van der Waals surface area contributed by atoms with Gasteiger partial charge in [0.05, 0.1) is 5.41 Å². The number of hydrogen-bond acceptors (Lipinski definition) is 4. The zero-order chi connectivity index (χ0) is 24.7. The molecule has 2 aliphatic carbocycles. The van der Waals surface area contributed by atoms with E-state index < -0.39 is 11.8 Å². The van der Waals surface area contributed by atoms with Gasteiger partial charge in [-0.25, -0.2) is 0 Å². The molecule has 0 radical (unpaired) electrons. The average molecular weight is 473 g/mol. The monoisotopic (exact) mass is 473 g/mol. The Labute approximate surface area is 195 Å². The van der Waals surface area contributed by atoms with Gasteiger partial charge in [-0.1, -0.05) is 44.2 Å². The summed E-state index contributed by atoms with van der Waals surface area (Å²) in [6, 6.07) is 11.2. The first-order valence-corrected chi connectivity index (χ1v) is 11.1. The second-order valence-electron chi connectivity index (χ2n) is 9.11. The Hall–Kier alpha value is -3.42. The van der Waals surface area contributed by atoms with E-state index >= 15 is 0 Å². The minimum absolute atomic E-state index is 0.0538. The van der Waals surface area contributed by atoms with E-state index in [2.05, 4.69) is 10.1 Å². The van der Waals surface area contributed by atoms with Crippen molar-refractivity contribution in [2.24, 2.45) is 11.3 Å². The van der Waals surface area contributed by atoms with E-state index in [1.54, 1.807) is 18.2 Å². The van der Waals surface area contributed by atoms with Crippen LogP contribution in [0.25, 0.3) is 11.1 Å². The van der Waals surface area contributed by atoms with Crippen LogP contribution in [-0.2, 0) is 4.79 Å². The topological polar surface area (TPSA) is 78.8 Å². The van der Waals surface area contributed by atoms with Crippen molar-refractivity contribution in [3.05, 3.63) is 71.7 Å². The van der Waals surface area contributed by atoms with E-state index in [0.717, 1.165) is 5.56 Å². The second-order valence-corrected chi connectivity index (χ2v) is 9.11. The molecule has 1 unspecified atom stereocenters. The van der Waals surface area contributed by atoms with E-state index in [0.29, 0.717) is 24.1 Å². The van der Waals surface area contributed by atoms with Gasteiger partial charge in [0.1, 0.15) is 11.5 Å². The van der Waals surface area contributed by atoms with Crippen LogP contribution in [0.1, 0.15) is 44.6 Å². The first-order chi connectivity index (χ1) is 16.0. The lowest BCUT2D eigenvalue weighted by Gasteiger charge is -2.26. The Morgan fingerprint density at radius 3 is 2.44 bits per heavy atom. The molecule has 34 heavy (non-hydrogen) atoms. The molecule has 1 amide bonds. The van der Waals surface area contributed by atoms with Crippen LogP contribution in [-0.4, -0.2) is 22.5 Å². The number of benzene rings is 2. The fourth-order valence-corrected chi connectivity index (χ4v) is 4.50. The third-order valence-corrected chi connectivity index (χ3v) is 6.48. The van der Waals surface area contributed by atoms with Crippen molar-refractivity contribution in [3.63, 3.8) is 0 Å². The fourth-order valence-electron chi connectivity index (χ4n) is 4.50. The number of ether oxygens (including phenoxy) is 1. The summed E-state index contributed by atoms with van der Waals surface area (Å²) in [7, 11) is 0. The van der Waals surface area contributed by atoms with Gasteiger partial charge < -0.3 is 20.3 Å². The number of hydrogen-bond donors (Lipinski definition) is 3. The molecule has 1 saturated carbocycles. The molecule has 3 N–H and O–H groups in total. The lowest BCUT2D eigenvalue weighted by atomic mass is 9.82. The minimum Gasteiger partial charge on any atom is -0.508 e. The number of amides is 1. The Balaban J connectivity index is 1.66. The minimum atomic E-state index is -4.86. The standard InChI is InChI=1S/C26H26F3NO4/c1-15(2)18-5-3-4-6-19(18)20-14-17(8-10-23(20)34-26(27,28)29)30-24(33)25(11-12-25)16-7-9-21(31)22(32)13-16/h3-10,14-16,31-32H,11-13H2,1-2H3,(H,30,33). The van der Waals surface area contributed by atoms with Crippen LogP contribution in [0.3, 0.4) is 0 Å². The third kappa shape index (κ3) is 4.76. The van der Waals surface area contributed by atoms with E-state index in [1.165, 1.54) is 24.3 Å². The summed E-state index contributed by atoms with van der Waals surface area (Å²) in [6.07, 6.45) is -0.381. The van der Waals surface area contributed by atoms with Gasteiger partial charge in [0.2, 0.25) is 5.91 Å². The largest absolute Gasteiger partial charge is 0.573 e. The highest BCUT2D eigenvalue weighted by atomic mass is 19.4. The van der Waals surface area contributed by atoms with E-state index in [1.807, 2.05) is 26.0 Å². The molecule has 4 rings (SSSR count). The highest BCUT2D eigenvalue weighted by Gasteiger charge is 2.55. The quantitative estimate of drug-likeness (QED) is 0.422. The van der Waals surface area contributed by atoms with E-state index in [4.69, 9.17) is 0 Å². The molecular formula is C26H26F3NO4. The molecule has 180 valence electrons. The molecule has 0 saturated heterocycles. The normalized spacial score (nSPS) is 19.3. The van der Waals surface area contributed by atoms with Gasteiger partial charge in [-0.15, -0.1) is 13.2 Å². The maximum absolute atomic E-state index is 13.2. The van der Waals surface area contributed by atoms with Crippen molar-refractivity contribution in [2.45, 2.75) is 45.4 Å². The number of allylic oxidation sites excluding steroid dienone is 3. The predicted molar refractivity (Wildman–Crippen MR) is 122 cm³/mol. The molecule has 0 heterocycles. The number of rotatable bonds is 6. The number of alkyl halides is 3. The molecule has 8 heteroatoms. The maximum atomic E-state index is 13.2. The van der Waals surface area contributed by atoms with E-state index in [9.17, 15) is 28.2 Å². The van der Waals surface area contributed by atoms with Gasteiger partial charge in [0, 0.05) is 17.7 Å². The maximum Gasteiger partial charge on any atom is 0.573 e. The van der Waals surface area contributed by atoms with Crippen LogP contribution in [0, 0.1) is 11.3 Å². The number of aliphatic hydroxyl groups excluding tert-OH is 2. The molecule has 0 bridgehead atoms. The van der Waals surface area contributed by atoms with Crippen molar-refractivity contribution in [3.8, 4) is 16.9 Å². The Kier molecular flexibility index (Phi) is 6.10. The average Bonchev–Trinajstić information content (AvgIpc) is 3.58. The van der Waals surface area contributed by atoms with Gasteiger partial charge in [-0.05, 0) is 60.1 Å². The lowest BCUT2D eigenvalue weighted by molar-refractivity contribution is -0.274. The Bertz CT molecular complexity index is 1160. The number of halogens is 3. The van der Waals surface area contributed by atoms with E-state index in [-0.39, 0.29) is 47.0 Å². The van der Waals surface area contributed by atoms with Crippen molar-refractivity contribution in [1.29, 1.82) is 0 Å². The number of anilines is 1. The predicted octanol–water partition coefficient (Wildman–Crippen LogP) is 7.00. The van der Waals surface area contributed by atoms with Gasteiger partial charge >= 0.3 is 6.36 Å². The zero-order valence-electron chi connectivity index (χ0n) is 18.8. The van der Waals surface area contributed by atoms with Crippen LogP contribution in [0.4, 0.5) is 18.9 Å². The molecule has 0 aliphatic heterocycles. The summed E-state index contributed by atoms with van der Waals surface area (Å²) in [4.78, 5) is 13.2. The molecule has 2 aromatic rings. The summed E-state index contributed by atoms with van der Waals surface area (Å²) in [5.74, 6) is -1.21. The highest BCUT2D eigenvalue weighted by molar-refractivity contribution is 5.98. The van der Waals surface area contributed by atoms with Crippen LogP contribution in [0.2, 0.25) is 0 Å². The third-order valence-electron chi connectivity index (χ3n) is 6.48. The van der Waals surface area contributed by atoms with Crippen LogP contribution >= 0.6 is 0 Å². The van der Waals surface area contributed by atoms with Gasteiger partial charge in [0.25, 0.3) is 0 Å². The molecule has 1 fully saturated rings. The number of nitrogens with one attached hydrogen (secondary N) is 1. The molecule has 2 aliphatic rings. The van der Waals surface area contributed by atoms with Gasteiger partial charge in [0.15, 0.2) is 5.76 Å². The number of carbonyl (C=O) groups excluding carboxylic acids is 1. The Morgan fingerprint density at radius 2 is 1.82 bits per heavy atom. The van der Waals surface area contributed by atoms with Gasteiger partial charge in [-0.2, -0.15) is 0 Å². The molecule has 0 spiro atoms. The first-order valence-electron chi connectivity index (χ1n) is 11.1. The number of carbonyl (C=O) groups is 1. The van der Waals surface area contributed by atoms with Crippen molar-refractivity contribution in [1.82, 2.24) is 0 Å². The molecule has 1 atom stereocenters. The van der Waals surface area contributed by atoms with Crippen molar-refractivity contribution < 1.29 is 32.9 Å². The zero-order valence-corrected chi connectivity index (χ0v) is 18.8. The number of aliphatic hydroxyl groups is 2. The summed E-state index contributed by atoms with van der Waals surface area (Å²) in [5, 5.41) is 22.4. The fraction of sp³-hybridized carbons (Fsp3) is 0.346. The van der Waals surface area contributed by atoms with Crippen LogP contribution in [0.15, 0.2) is 66.1 Å². The Morgan fingerprint density at radius 1 is 1.12 bits per heavy atom. The molecule has 0 aromatic heterocycles. The summed E-state index contributed by atoms with van der Waals surface area (Å²) in [5.41, 5.74) is 1.29. The molecule has 2 aromatic carbocycles. The van der Waals surface area contributed by atoms with Crippen LogP contribution in [0.5, 0.6) is 5.75 Å². The van der Waals surface area contributed by atoms with Crippen molar-refractivity contribution in [2.75, 3.05) is 5.32 Å². The molecule has 5 nitrogen and oxygen atoms in total. The van der Waals surface area contributed by atoms with Crippen LogP contribution < -0.4 is 10.1 Å². The molecular weight excluding hydrogens is 447 g/mol. The summed E-state index contributed by atoms with van der Waals surface area (Å²) >= 11 is 0. The van der Waals surface area contributed by atoms with Gasteiger partial charge in [-0.3, -0.25) is 4.79 Å². The SMILES string of the molecule is CC(C)c1ccccc1-c1cc(NC(=O)C2(C3C=CC(O)=C(O)C3)CC2)ccc1OC(F)(F)F. The second kappa shape index (κ2) is 8.74. The summed E-state index contributed by atoms with van der Waals surface area (Å²) < 4.78 is 43.6. The smallest absolute Gasteiger partial charge is 0.508 e. The lowest BCUT2D eigenvalue weighted by Crippen LogP contribution is -2.31.